The molecule has 0 aliphatic rings. The number of thiazole rings is 1. The van der Waals surface area contributed by atoms with Gasteiger partial charge in [-0.2, -0.15) is 0 Å². The van der Waals surface area contributed by atoms with Crippen molar-refractivity contribution in [3.8, 4) is 17.2 Å². The van der Waals surface area contributed by atoms with Crippen LogP contribution in [0, 0.1) is 0 Å². The molecule has 9 heteroatoms. The summed E-state index contributed by atoms with van der Waals surface area (Å²) < 4.78 is 15.7. The van der Waals surface area contributed by atoms with E-state index in [4.69, 9.17) is 14.2 Å². The van der Waals surface area contributed by atoms with Crippen LogP contribution in [-0.2, 0) is 0 Å². The lowest BCUT2D eigenvalue weighted by molar-refractivity contribution is 0.0941. The van der Waals surface area contributed by atoms with E-state index in [-0.39, 0.29) is 17.5 Å². The summed E-state index contributed by atoms with van der Waals surface area (Å²) in [6.07, 6.45) is 0. The zero-order valence-electron chi connectivity index (χ0n) is 16.5. The molecule has 0 atom stereocenters. The fraction of sp³-hybridized carbons (Fsp3) is 0.190. The summed E-state index contributed by atoms with van der Waals surface area (Å²) in [7, 11) is 3.15. The fourth-order valence-corrected chi connectivity index (χ4v) is 3.13. The number of methoxy groups -OCH3 is 2. The van der Waals surface area contributed by atoms with Gasteiger partial charge in [-0.3, -0.25) is 14.9 Å². The van der Waals surface area contributed by atoms with E-state index in [0.29, 0.717) is 35.3 Å². The van der Waals surface area contributed by atoms with Crippen LogP contribution >= 0.6 is 11.3 Å². The molecule has 0 fully saturated rings. The maximum absolute atomic E-state index is 12.3. The van der Waals surface area contributed by atoms with Crippen molar-refractivity contribution in [3.05, 3.63) is 65.2 Å². The van der Waals surface area contributed by atoms with Crippen molar-refractivity contribution in [2.45, 2.75) is 0 Å². The lowest BCUT2D eigenvalue weighted by Gasteiger charge is -2.07. The van der Waals surface area contributed by atoms with Gasteiger partial charge in [-0.1, -0.05) is 0 Å². The number of carbonyl (C=O) groups is 2. The van der Waals surface area contributed by atoms with E-state index < -0.39 is 0 Å². The van der Waals surface area contributed by atoms with Gasteiger partial charge in [0.05, 0.1) is 20.8 Å². The number of anilines is 1. The number of nitrogens with zero attached hydrogens (tertiary/aromatic N) is 1. The second-order valence-corrected chi connectivity index (χ2v) is 6.86. The lowest BCUT2D eigenvalue weighted by atomic mass is 10.2. The number of nitrogens with one attached hydrogen (secondary N) is 2. The monoisotopic (exact) mass is 427 g/mol. The van der Waals surface area contributed by atoms with Gasteiger partial charge in [-0.15, -0.1) is 11.3 Å². The number of carbonyl (C=O) groups excluding carboxylic acids is 2. The summed E-state index contributed by atoms with van der Waals surface area (Å²) in [6, 6.07) is 13.9. The summed E-state index contributed by atoms with van der Waals surface area (Å²) in [4.78, 5) is 28.6. The van der Waals surface area contributed by atoms with Crippen LogP contribution in [-0.4, -0.2) is 44.2 Å². The highest BCUT2D eigenvalue weighted by atomic mass is 32.1. The summed E-state index contributed by atoms with van der Waals surface area (Å²) in [5.41, 5.74) is 0.696. The molecular weight excluding hydrogens is 406 g/mol. The molecule has 30 heavy (non-hydrogen) atoms. The van der Waals surface area contributed by atoms with Crippen molar-refractivity contribution in [2.75, 3.05) is 32.7 Å². The SMILES string of the molecule is COc1ccc(OCCNC(=O)c2csc(NC(=O)c3ccc(OC)cc3)n2)cc1. The number of ether oxygens (including phenoxy) is 3. The van der Waals surface area contributed by atoms with Gasteiger partial charge in [0.25, 0.3) is 11.8 Å². The zero-order valence-corrected chi connectivity index (χ0v) is 17.3. The van der Waals surface area contributed by atoms with E-state index in [1.165, 1.54) is 11.3 Å². The predicted octanol–water partition coefficient (Wildman–Crippen LogP) is 3.22. The molecule has 156 valence electrons. The Labute approximate surface area is 177 Å². The number of aromatic nitrogens is 1. The van der Waals surface area contributed by atoms with Gasteiger partial charge < -0.3 is 19.5 Å². The van der Waals surface area contributed by atoms with Gasteiger partial charge in [-0.25, -0.2) is 4.98 Å². The molecule has 0 unspecified atom stereocenters. The molecule has 1 heterocycles. The van der Waals surface area contributed by atoms with E-state index >= 15 is 0 Å². The normalized spacial score (nSPS) is 10.2. The molecule has 3 aromatic rings. The summed E-state index contributed by atoms with van der Waals surface area (Å²) in [5, 5.41) is 7.34. The minimum atomic E-state index is -0.338. The fourth-order valence-electron chi connectivity index (χ4n) is 2.44. The van der Waals surface area contributed by atoms with Crippen molar-refractivity contribution >= 4 is 28.3 Å². The first-order valence-corrected chi connectivity index (χ1v) is 9.93. The van der Waals surface area contributed by atoms with Gasteiger partial charge in [0.15, 0.2) is 5.13 Å². The van der Waals surface area contributed by atoms with Gasteiger partial charge in [-0.05, 0) is 48.5 Å². The van der Waals surface area contributed by atoms with Crippen molar-refractivity contribution in [1.29, 1.82) is 0 Å². The predicted molar refractivity (Wildman–Crippen MR) is 114 cm³/mol. The smallest absolute Gasteiger partial charge is 0.270 e. The van der Waals surface area contributed by atoms with Gasteiger partial charge in [0, 0.05) is 10.9 Å². The maximum atomic E-state index is 12.3. The number of hydrogen-bond donors (Lipinski definition) is 2. The second-order valence-electron chi connectivity index (χ2n) is 6.00. The lowest BCUT2D eigenvalue weighted by Crippen LogP contribution is -2.28. The molecule has 0 saturated carbocycles. The van der Waals surface area contributed by atoms with Crippen LogP contribution in [0.3, 0.4) is 0 Å². The molecule has 0 spiro atoms. The highest BCUT2D eigenvalue weighted by Crippen LogP contribution is 2.18. The van der Waals surface area contributed by atoms with Crippen LogP contribution in [0.2, 0.25) is 0 Å². The van der Waals surface area contributed by atoms with Crippen LogP contribution in [0.1, 0.15) is 20.8 Å². The van der Waals surface area contributed by atoms with Crippen LogP contribution < -0.4 is 24.8 Å². The first-order valence-electron chi connectivity index (χ1n) is 9.05. The first kappa shape index (κ1) is 21.1. The van der Waals surface area contributed by atoms with Gasteiger partial charge in [0.1, 0.15) is 29.5 Å². The van der Waals surface area contributed by atoms with E-state index in [0.717, 1.165) is 5.75 Å². The first-order chi connectivity index (χ1) is 14.6. The molecule has 0 aliphatic heterocycles. The zero-order chi connectivity index (χ0) is 21.3. The molecule has 0 bridgehead atoms. The van der Waals surface area contributed by atoms with Crippen molar-refractivity contribution in [3.63, 3.8) is 0 Å². The minimum Gasteiger partial charge on any atom is -0.497 e. The van der Waals surface area contributed by atoms with Crippen LogP contribution in [0.4, 0.5) is 5.13 Å². The molecular formula is C21H21N3O5S. The Morgan fingerprint density at radius 3 is 2.13 bits per heavy atom. The Kier molecular flexibility index (Phi) is 7.23. The topological polar surface area (TPSA) is 98.8 Å². The third kappa shape index (κ3) is 5.71. The molecule has 0 aliphatic carbocycles. The van der Waals surface area contributed by atoms with Crippen LogP contribution in [0.5, 0.6) is 17.2 Å². The number of benzene rings is 2. The third-order valence-corrected chi connectivity index (χ3v) is 4.78. The molecule has 2 aromatic carbocycles. The molecule has 8 nitrogen and oxygen atoms in total. The maximum Gasteiger partial charge on any atom is 0.270 e. The summed E-state index contributed by atoms with van der Waals surface area (Å²) in [6.45, 7) is 0.624. The average Bonchev–Trinajstić information content (AvgIpc) is 3.25. The Hall–Kier alpha value is -3.59. The van der Waals surface area contributed by atoms with E-state index in [1.807, 2.05) is 0 Å². The Balaban J connectivity index is 1.45. The Morgan fingerprint density at radius 2 is 1.50 bits per heavy atom. The quantitative estimate of drug-likeness (QED) is 0.509. The number of amides is 2. The number of hydrogen-bond acceptors (Lipinski definition) is 7. The van der Waals surface area contributed by atoms with Crippen LogP contribution in [0.15, 0.2) is 53.9 Å². The second kappa shape index (κ2) is 10.3. The highest BCUT2D eigenvalue weighted by molar-refractivity contribution is 7.14. The van der Waals surface area contributed by atoms with E-state index in [2.05, 4.69) is 15.6 Å². The largest absolute Gasteiger partial charge is 0.497 e. The van der Waals surface area contributed by atoms with E-state index in [1.54, 1.807) is 68.1 Å². The van der Waals surface area contributed by atoms with Crippen molar-refractivity contribution in [2.24, 2.45) is 0 Å². The van der Waals surface area contributed by atoms with Crippen molar-refractivity contribution < 1.29 is 23.8 Å². The van der Waals surface area contributed by atoms with Gasteiger partial charge >= 0.3 is 0 Å². The average molecular weight is 427 g/mol. The Morgan fingerprint density at radius 1 is 0.900 bits per heavy atom. The molecule has 2 amide bonds. The third-order valence-electron chi connectivity index (χ3n) is 4.03. The standard InChI is InChI=1S/C21H21N3O5S/c1-27-15-5-3-14(4-6-15)19(25)24-21-23-18(13-30-21)20(26)22-11-12-29-17-9-7-16(28-2)8-10-17/h3-10,13H,11-12H2,1-2H3,(H,22,26)(H,23,24,25). The van der Waals surface area contributed by atoms with Crippen molar-refractivity contribution in [1.82, 2.24) is 10.3 Å². The summed E-state index contributed by atoms with van der Waals surface area (Å²) >= 11 is 1.18. The molecule has 1 aromatic heterocycles. The minimum absolute atomic E-state index is 0.231. The highest BCUT2D eigenvalue weighted by Gasteiger charge is 2.13. The molecule has 0 saturated heterocycles. The molecule has 0 radical (unpaired) electrons. The number of rotatable bonds is 9. The van der Waals surface area contributed by atoms with E-state index in [9.17, 15) is 9.59 Å². The molecule has 3 rings (SSSR count). The Bertz CT molecular complexity index is 987. The molecule has 2 N–H and O–H groups in total. The van der Waals surface area contributed by atoms with Gasteiger partial charge in [0.2, 0.25) is 0 Å². The van der Waals surface area contributed by atoms with Crippen LogP contribution in [0.25, 0.3) is 0 Å². The summed E-state index contributed by atoms with van der Waals surface area (Å²) in [5.74, 6) is 1.44.